The highest BCUT2D eigenvalue weighted by atomic mass is 16.2. The Bertz CT molecular complexity index is 547. The number of hydrogen-bond acceptors (Lipinski definition) is 4. The minimum absolute atomic E-state index is 0.0194. The summed E-state index contributed by atoms with van der Waals surface area (Å²) in [6.07, 6.45) is 0.929. The Morgan fingerprint density at radius 2 is 2.00 bits per heavy atom. The summed E-state index contributed by atoms with van der Waals surface area (Å²) in [4.78, 5) is 26.1. The molecule has 0 bridgehead atoms. The van der Waals surface area contributed by atoms with Gasteiger partial charge in [-0.1, -0.05) is 44.2 Å². The number of nitrogens with one attached hydrogen (secondary N) is 2. The van der Waals surface area contributed by atoms with Crippen LogP contribution < -0.4 is 16.4 Å². The molecular formula is C18H28N4O2. The van der Waals surface area contributed by atoms with E-state index >= 15 is 0 Å². The van der Waals surface area contributed by atoms with Crippen molar-refractivity contribution in [3.63, 3.8) is 0 Å². The monoisotopic (exact) mass is 332 g/mol. The van der Waals surface area contributed by atoms with Crippen LogP contribution in [-0.2, 0) is 16.1 Å². The zero-order valence-corrected chi connectivity index (χ0v) is 14.5. The van der Waals surface area contributed by atoms with Crippen LogP contribution in [0.5, 0.6) is 0 Å². The predicted octanol–water partition coefficient (Wildman–Crippen LogP) is 0.477. The molecule has 1 fully saturated rings. The number of nitrogens with two attached hydrogens (primary N) is 1. The van der Waals surface area contributed by atoms with Gasteiger partial charge in [0.25, 0.3) is 0 Å². The molecule has 2 amide bonds. The van der Waals surface area contributed by atoms with E-state index in [0.717, 1.165) is 26.1 Å². The van der Waals surface area contributed by atoms with E-state index in [-0.39, 0.29) is 30.3 Å². The second kappa shape index (κ2) is 8.80. The summed E-state index contributed by atoms with van der Waals surface area (Å²) in [5.41, 5.74) is 7.03. The van der Waals surface area contributed by atoms with Gasteiger partial charge in [0, 0.05) is 25.7 Å². The van der Waals surface area contributed by atoms with E-state index in [1.54, 1.807) is 0 Å². The number of amides is 2. The Balaban J connectivity index is 1.69. The van der Waals surface area contributed by atoms with Crippen molar-refractivity contribution in [2.24, 2.45) is 11.7 Å². The summed E-state index contributed by atoms with van der Waals surface area (Å²) in [5, 5.41) is 5.58. The van der Waals surface area contributed by atoms with Crippen molar-refractivity contribution in [1.82, 2.24) is 15.5 Å². The molecule has 1 aromatic carbocycles. The quantitative estimate of drug-likeness (QED) is 0.678. The lowest BCUT2D eigenvalue weighted by atomic mass is 10.1. The number of benzene rings is 1. The van der Waals surface area contributed by atoms with Crippen LogP contribution in [0.2, 0.25) is 0 Å². The van der Waals surface area contributed by atoms with E-state index in [1.165, 1.54) is 5.56 Å². The average molecular weight is 332 g/mol. The first-order valence-corrected chi connectivity index (χ1v) is 8.54. The fourth-order valence-electron chi connectivity index (χ4n) is 2.80. The number of rotatable bonds is 7. The van der Waals surface area contributed by atoms with E-state index < -0.39 is 6.04 Å². The molecule has 0 saturated carbocycles. The van der Waals surface area contributed by atoms with Crippen LogP contribution in [0, 0.1) is 5.92 Å². The maximum Gasteiger partial charge on any atom is 0.239 e. The molecule has 0 spiro atoms. The SMILES string of the molecule is CC(C)[C@H](N)C(=O)NCC(=O)NC1CCN(Cc2ccccc2)C1. The third-order valence-electron chi connectivity index (χ3n) is 4.33. The Morgan fingerprint density at radius 3 is 2.67 bits per heavy atom. The first-order valence-electron chi connectivity index (χ1n) is 8.54. The highest BCUT2D eigenvalue weighted by molar-refractivity contribution is 5.87. The number of likely N-dealkylation sites (tertiary alicyclic amines) is 1. The fraction of sp³-hybridized carbons (Fsp3) is 0.556. The lowest BCUT2D eigenvalue weighted by Crippen LogP contribution is -2.48. The van der Waals surface area contributed by atoms with Crippen LogP contribution in [0.15, 0.2) is 30.3 Å². The Morgan fingerprint density at radius 1 is 1.29 bits per heavy atom. The molecule has 1 unspecified atom stereocenters. The fourth-order valence-corrected chi connectivity index (χ4v) is 2.80. The van der Waals surface area contributed by atoms with Gasteiger partial charge in [0.2, 0.25) is 11.8 Å². The second-order valence-electron chi connectivity index (χ2n) is 6.76. The minimum Gasteiger partial charge on any atom is -0.350 e. The lowest BCUT2D eigenvalue weighted by molar-refractivity contribution is -0.127. The van der Waals surface area contributed by atoms with Gasteiger partial charge in [0.15, 0.2) is 0 Å². The molecule has 1 heterocycles. The third-order valence-corrected chi connectivity index (χ3v) is 4.33. The molecule has 2 rings (SSSR count). The average Bonchev–Trinajstić information content (AvgIpc) is 2.99. The van der Waals surface area contributed by atoms with Crippen molar-refractivity contribution in [1.29, 1.82) is 0 Å². The standard InChI is InChI=1S/C18H28N4O2/c1-13(2)17(19)18(24)20-10-16(23)21-15-8-9-22(12-15)11-14-6-4-3-5-7-14/h3-7,13,15,17H,8-12,19H2,1-2H3,(H,20,24)(H,21,23)/t15?,17-/m0/s1. The van der Waals surface area contributed by atoms with Gasteiger partial charge in [-0.15, -0.1) is 0 Å². The van der Waals surface area contributed by atoms with Crippen molar-refractivity contribution in [2.75, 3.05) is 19.6 Å². The van der Waals surface area contributed by atoms with Gasteiger partial charge in [-0.3, -0.25) is 14.5 Å². The van der Waals surface area contributed by atoms with Gasteiger partial charge in [0.05, 0.1) is 12.6 Å². The maximum atomic E-state index is 12.0. The number of nitrogens with zero attached hydrogens (tertiary/aromatic N) is 1. The molecule has 1 aromatic rings. The predicted molar refractivity (Wildman–Crippen MR) is 94.1 cm³/mol. The summed E-state index contributed by atoms with van der Waals surface area (Å²) in [5.74, 6) is -0.391. The molecule has 2 atom stereocenters. The molecule has 0 radical (unpaired) electrons. The zero-order chi connectivity index (χ0) is 17.5. The largest absolute Gasteiger partial charge is 0.350 e. The lowest BCUT2D eigenvalue weighted by Gasteiger charge is -2.18. The van der Waals surface area contributed by atoms with Crippen molar-refractivity contribution >= 4 is 11.8 Å². The van der Waals surface area contributed by atoms with Crippen molar-refractivity contribution in [3.05, 3.63) is 35.9 Å². The normalized spacial score (nSPS) is 19.2. The first-order chi connectivity index (χ1) is 11.5. The summed E-state index contributed by atoms with van der Waals surface area (Å²) >= 11 is 0. The van der Waals surface area contributed by atoms with Crippen LogP contribution in [0.4, 0.5) is 0 Å². The summed E-state index contributed by atoms with van der Waals surface area (Å²) in [7, 11) is 0. The molecule has 6 heteroatoms. The van der Waals surface area contributed by atoms with E-state index in [2.05, 4.69) is 27.7 Å². The van der Waals surface area contributed by atoms with Crippen LogP contribution in [0.25, 0.3) is 0 Å². The number of carbonyl (C=O) groups is 2. The molecule has 1 saturated heterocycles. The molecule has 132 valence electrons. The number of hydrogen-bond donors (Lipinski definition) is 3. The third kappa shape index (κ3) is 5.62. The topological polar surface area (TPSA) is 87.5 Å². The minimum atomic E-state index is -0.578. The molecular weight excluding hydrogens is 304 g/mol. The second-order valence-corrected chi connectivity index (χ2v) is 6.76. The van der Waals surface area contributed by atoms with Crippen molar-refractivity contribution in [2.45, 2.75) is 38.9 Å². The Kier molecular flexibility index (Phi) is 6.75. The molecule has 0 aliphatic carbocycles. The summed E-state index contributed by atoms with van der Waals surface area (Å²) in [6.45, 7) is 6.43. The molecule has 4 N–H and O–H groups in total. The van der Waals surface area contributed by atoms with Gasteiger partial charge in [-0.05, 0) is 17.9 Å². The van der Waals surface area contributed by atoms with E-state index in [1.807, 2.05) is 32.0 Å². The van der Waals surface area contributed by atoms with Gasteiger partial charge >= 0.3 is 0 Å². The molecule has 6 nitrogen and oxygen atoms in total. The van der Waals surface area contributed by atoms with E-state index in [4.69, 9.17) is 5.73 Å². The van der Waals surface area contributed by atoms with Crippen LogP contribution in [0.1, 0.15) is 25.8 Å². The first kappa shape index (κ1) is 18.4. The van der Waals surface area contributed by atoms with Gasteiger partial charge in [-0.2, -0.15) is 0 Å². The van der Waals surface area contributed by atoms with E-state index in [0.29, 0.717) is 0 Å². The van der Waals surface area contributed by atoms with Crippen LogP contribution in [-0.4, -0.2) is 48.4 Å². The Labute approximate surface area is 143 Å². The molecule has 0 aromatic heterocycles. The van der Waals surface area contributed by atoms with Crippen molar-refractivity contribution < 1.29 is 9.59 Å². The maximum absolute atomic E-state index is 12.0. The summed E-state index contributed by atoms with van der Waals surface area (Å²) < 4.78 is 0. The van der Waals surface area contributed by atoms with Crippen LogP contribution >= 0.6 is 0 Å². The van der Waals surface area contributed by atoms with Gasteiger partial charge < -0.3 is 16.4 Å². The zero-order valence-electron chi connectivity index (χ0n) is 14.5. The molecule has 1 aliphatic heterocycles. The smallest absolute Gasteiger partial charge is 0.239 e. The van der Waals surface area contributed by atoms with Crippen molar-refractivity contribution in [3.8, 4) is 0 Å². The summed E-state index contributed by atoms with van der Waals surface area (Å²) in [6, 6.07) is 9.86. The van der Waals surface area contributed by atoms with Crippen LogP contribution in [0.3, 0.4) is 0 Å². The molecule has 1 aliphatic rings. The number of carbonyl (C=O) groups excluding carboxylic acids is 2. The highest BCUT2D eigenvalue weighted by Crippen LogP contribution is 2.13. The highest BCUT2D eigenvalue weighted by Gasteiger charge is 2.24. The van der Waals surface area contributed by atoms with E-state index in [9.17, 15) is 9.59 Å². The van der Waals surface area contributed by atoms with Gasteiger partial charge in [0.1, 0.15) is 0 Å². The Hall–Kier alpha value is -1.92. The van der Waals surface area contributed by atoms with Gasteiger partial charge in [-0.25, -0.2) is 0 Å². The molecule has 24 heavy (non-hydrogen) atoms.